The quantitative estimate of drug-likeness (QED) is 0.892. The van der Waals surface area contributed by atoms with Crippen molar-refractivity contribution in [2.24, 2.45) is 0 Å². The minimum atomic E-state index is -0.777. The van der Waals surface area contributed by atoms with Gasteiger partial charge in [0.25, 0.3) is 0 Å². The Balaban J connectivity index is 2.19. The van der Waals surface area contributed by atoms with E-state index in [1.807, 2.05) is 37.3 Å². The Morgan fingerprint density at radius 1 is 1.10 bits per heavy atom. The first-order chi connectivity index (χ1) is 9.63. The van der Waals surface area contributed by atoms with E-state index in [4.69, 9.17) is 4.74 Å². The summed E-state index contributed by atoms with van der Waals surface area (Å²) >= 11 is 0. The summed E-state index contributed by atoms with van der Waals surface area (Å²) in [5.41, 5.74) is 1.30. The van der Waals surface area contributed by atoms with Gasteiger partial charge in [-0.05, 0) is 30.5 Å². The van der Waals surface area contributed by atoms with Crippen LogP contribution >= 0.6 is 0 Å². The molecule has 0 spiro atoms. The molecule has 106 valence electrons. The summed E-state index contributed by atoms with van der Waals surface area (Å²) in [5, 5.41) is 10.4. The molecule has 2 aromatic rings. The minimum absolute atomic E-state index is 0.187. The molecule has 0 heterocycles. The van der Waals surface area contributed by atoms with Crippen molar-refractivity contribution in [1.82, 2.24) is 0 Å². The molecule has 2 nitrogen and oxygen atoms in total. The summed E-state index contributed by atoms with van der Waals surface area (Å²) in [6.07, 6.45) is -0.668. The molecular formula is C17H19FO2. The lowest BCUT2D eigenvalue weighted by atomic mass is 10.0. The third-order valence-electron chi connectivity index (χ3n) is 3.33. The molecular weight excluding hydrogens is 255 g/mol. The first-order valence-electron chi connectivity index (χ1n) is 6.78. The van der Waals surface area contributed by atoms with Crippen LogP contribution in [0.2, 0.25) is 0 Å². The topological polar surface area (TPSA) is 29.5 Å². The largest absolute Gasteiger partial charge is 0.484 e. The number of benzene rings is 2. The van der Waals surface area contributed by atoms with Gasteiger partial charge in [-0.25, -0.2) is 4.39 Å². The number of hydrogen-bond donors (Lipinski definition) is 1. The summed E-state index contributed by atoms with van der Waals surface area (Å²) in [4.78, 5) is 0. The highest BCUT2D eigenvalue weighted by atomic mass is 19.1. The Labute approximate surface area is 118 Å². The van der Waals surface area contributed by atoms with E-state index >= 15 is 0 Å². The second kappa shape index (κ2) is 6.53. The SMILES string of the molecule is CCC(Oc1cccc(C)c1F)C(O)c1ccccc1. The molecule has 2 unspecified atom stereocenters. The van der Waals surface area contributed by atoms with Crippen LogP contribution in [0.5, 0.6) is 5.75 Å². The maximum atomic E-state index is 14.0. The molecule has 0 aliphatic rings. The van der Waals surface area contributed by atoms with Crippen LogP contribution in [-0.4, -0.2) is 11.2 Å². The average molecular weight is 274 g/mol. The molecule has 0 fully saturated rings. The molecule has 0 bridgehead atoms. The minimum Gasteiger partial charge on any atom is -0.484 e. The summed E-state index contributed by atoms with van der Waals surface area (Å²) in [6.45, 7) is 3.60. The van der Waals surface area contributed by atoms with Crippen LogP contribution in [0.4, 0.5) is 4.39 Å². The number of aryl methyl sites for hydroxylation is 1. The number of hydrogen-bond acceptors (Lipinski definition) is 2. The Morgan fingerprint density at radius 3 is 2.45 bits per heavy atom. The van der Waals surface area contributed by atoms with Crippen molar-refractivity contribution in [3.05, 3.63) is 65.5 Å². The van der Waals surface area contributed by atoms with E-state index < -0.39 is 12.2 Å². The monoisotopic (exact) mass is 274 g/mol. The van der Waals surface area contributed by atoms with Crippen LogP contribution in [0.1, 0.15) is 30.6 Å². The van der Waals surface area contributed by atoms with E-state index in [2.05, 4.69) is 0 Å². The van der Waals surface area contributed by atoms with Gasteiger partial charge in [0.05, 0.1) is 0 Å². The zero-order chi connectivity index (χ0) is 14.5. The molecule has 1 N–H and O–H groups in total. The second-order valence-corrected chi connectivity index (χ2v) is 4.81. The van der Waals surface area contributed by atoms with Crippen LogP contribution < -0.4 is 4.74 Å². The van der Waals surface area contributed by atoms with Crippen LogP contribution in [0.15, 0.2) is 48.5 Å². The molecule has 2 rings (SSSR count). The summed E-state index contributed by atoms with van der Waals surface area (Å²) < 4.78 is 19.6. The van der Waals surface area contributed by atoms with E-state index in [1.165, 1.54) is 0 Å². The first kappa shape index (κ1) is 14.5. The lowest BCUT2D eigenvalue weighted by Crippen LogP contribution is -2.25. The number of rotatable bonds is 5. The molecule has 0 saturated carbocycles. The van der Waals surface area contributed by atoms with Gasteiger partial charge in [0.15, 0.2) is 11.6 Å². The summed E-state index contributed by atoms with van der Waals surface area (Å²) in [7, 11) is 0. The number of aliphatic hydroxyl groups excluding tert-OH is 1. The molecule has 3 heteroatoms. The van der Waals surface area contributed by atoms with Crippen molar-refractivity contribution in [2.45, 2.75) is 32.5 Å². The van der Waals surface area contributed by atoms with Crippen molar-refractivity contribution in [1.29, 1.82) is 0 Å². The number of aliphatic hydroxyl groups is 1. The maximum absolute atomic E-state index is 14.0. The van der Waals surface area contributed by atoms with Crippen molar-refractivity contribution in [2.75, 3.05) is 0 Å². The van der Waals surface area contributed by atoms with Gasteiger partial charge in [0, 0.05) is 0 Å². The predicted molar refractivity (Wildman–Crippen MR) is 77.2 cm³/mol. The van der Waals surface area contributed by atoms with Gasteiger partial charge < -0.3 is 9.84 Å². The highest BCUT2D eigenvalue weighted by Gasteiger charge is 2.22. The highest BCUT2D eigenvalue weighted by molar-refractivity contribution is 5.30. The highest BCUT2D eigenvalue weighted by Crippen LogP contribution is 2.27. The van der Waals surface area contributed by atoms with Gasteiger partial charge in [-0.15, -0.1) is 0 Å². The summed E-state index contributed by atoms with van der Waals surface area (Å²) in [5.74, 6) is -0.182. The average Bonchev–Trinajstić information content (AvgIpc) is 2.49. The van der Waals surface area contributed by atoms with Gasteiger partial charge in [-0.3, -0.25) is 0 Å². The lowest BCUT2D eigenvalue weighted by Gasteiger charge is -2.24. The Hall–Kier alpha value is -1.87. The molecule has 0 aromatic heterocycles. The molecule has 0 amide bonds. The molecule has 2 atom stereocenters. The zero-order valence-electron chi connectivity index (χ0n) is 11.7. The third kappa shape index (κ3) is 3.17. The predicted octanol–water partition coefficient (Wildman–Crippen LogP) is 4.03. The smallest absolute Gasteiger partial charge is 0.167 e. The van der Waals surface area contributed by atoms with Crippen LogP contribution in [0.3, 0.4) is 0 Å². The van der Waals surface area contributed by atoms with Gasteiger partial charge in [0.2, 0.25) is 0 Å². The fraction of sp³-hybridized carbons (Fsp3) is 0.294. The lowest BCUT2D eigenvalue weighted by molar-refractivity contribution is 0.0308. The first-order valence-corrected chi connectivity index (χ1v) is 6.78. The second-order valence-electron chi connectivity index (χ2n) is 4.81. The van der Waals surface area contributed by atoms with Crippen LogP contribution in [0, 0.1) is 12.7 Å². The maximum Gasteiger partial charge on any atom is 0.167 e. The van der Waals surface area contributed by atoms with E-state index in [0.717, 1.165) is 5.56 Å². The zero-order valence-corrected chi connectivity index (χ0v) is 11.7. The molecule has 0 aliphatic heterocycles. The van der Waals surface area contributed by atoms with Crippen molar-refractivity contribution in [3.63, 3.8) is 0 Å². The van der Waals surface area contributed by atoms with E-state index in [0.29, 0.717) is 12.0 Å². The van der Waals surface area contributed by atoms with Gasteiger partial charge in [-0.2, -0.15) is 0 Å². The Morgan fingerprint density at radius 2 is 1.80 bits per heavy atom. The molecule has 0 saturated heterocycles. The molecule has 0 aliphatic carbocycles. The Bertz CT molecular complexity index is 554. The van der Waals surface area contributed by atoms with Crippen LogP contribution in [0.25, 0.3) is 0 Å². The molecule has 20 heavy (non-hydrogen) atoms. The normalized spacial score (nSPS) is 13.8. The van der Waals surface area contributed by atoms with Crippen molar-refractivity contribution < 1.29 is 14.2 Å². The standard InChI is InChI=1S/C17H19FO2/c1-3-14(17(19)13-9-5-4-6-10-13)20-15-11-7-8-12(2)16(15)18/h4-11,14,17,19H,3H2,1-2H3. The van der Waals surface area contributed by atoms with Crippen molar-refractivity contribution >= 4 is 0 Å². The van der Waals surface area contributed by atoms with E-state index in [-0.39, 0.29) is 11.6 Å². The molecule has 0 radical (unpaired) electrons. The fourth-order valence-electron chi connectivity index (χ4n) is 2.11. The van der Waals surface area contributed by atoms with Gasteiger partial charge >= 0.3 is 0 Å². The molecule has 2 aromatic carbocycles. The number of ether oxygens (including phenoxy) is 1. The number of halogens is 1. The fourth-order valence-corrected chi connectivity index (χ4v) is 2.11. The Kier molecular flexibility index (Phi) is 4.74. The van der Waals surface area contributed by atoms with Gasteiger partial charge in [-0.1, -0.05) is 49.4 Å². The summed E-state index contributed by atoms with van der Waals surface area (Å²) in [6, 6.07) is 14.3. The van der Waals surface area contributed by atoms with Crippen molar-refractivity contribution in [3.8, 4) is 5.75 Å². The van der Waals surface area contributed by atoms with E-state index in [1.54, 1.807) is 25.1 Å². The van der Waals surface area contributed by atoms with Gasteiger partial charge in [0.1, 0.15) is 12.2 Å². The van der Waals surface area contributed by atoms with E-state index in [9.17, 15) is 9.50 Å². The third-order valence-corrected chi connectivity index (χ3v) is 3.33. The van der Waals surface area contributed by atoms with Crippen LogP contribution in [-0.2, 0) is 0 Å².